The molecule has 0 aliphatic heterocycles. The highest BCUT2D eigenvalue weighted by molar-refractivity contribution is 6.30. The topological polar surface area (TPSA) is 78.1 Å². The van der Waals surface area contributed by atoms with Gasteiger partial charge in [-0.25, -0.2) is 9.78 Å². The summed E-state index contributed by atoms with van der Waals surface area (Å²) in [5, 5.41) is 0.270. The summed E-state index contributed by atoms with van der Waals surface area (Å²) in [5.41, 5.74) is 7.82. The largest absolute Gasteiger partial charge is 0.465 e. The SMILES string of the molecule is COC(=O)c1ccc([C@@H](N)c2nccnc2Cl)cc1. The maximum absolute atomic E-state index is 11.3. The lowest BCUT2D eigenvalue weighted by Crippen LogP contribution is -2.15. The van der Waals surface area contributed by atoms with E-state index in [2.05, 4.69) is 14.7 Å². The van der Waals surface area contributed by atoms with Crippen LogP contribution in [0.15, 0.2) is 36.7 Å². The molecule has 5 nitrogen and oxygen atoms in total. The molecule has 0 radical (unpaired) electrons. The van der Waals surface area contributed by atoms with Gasteiger partial charge in [-0.1, -0.05) is 23.7 Å². The Bertz CT molecular complexity index is 587. The van der Waals surface area contributed by atoms with Gasteiger partial charge in [-0.2, -0.15) is 0 Å². The summed E-state index contributed by atoms with van der Waals surface area (Å²) in [7, 11) is 1.33. The van der Waals surface area contributed by atoms with E-state index in [1.807, 2.05) is 0 Å². The molecule has 0 aliphatic rings. The van der Waals surface area contributed by atoms with Crippen molar-refractivity contribution in [1.82, 2.24) is 9.97 Å². The molecule has 1 heterocycles. The lowest BCUT2D eigenvalue weighted by molar-refractivity contribution is 0.0600. The summed E-state index contributed by atoms with van der Waals surface area (Å²) in [6.45, 7) is 0. The molecule has 2 aromatic rings. The van der Waals surface area contributed by atoms with Gasteiger partial charge in [0.2, 0.25) is 0 Å². The molecule has 19 heavy (non-hydrogen) atoms. The van der Waals surface area contributed by atoms with Crippen LogP contribution in [0.4, 0.5) is 0 Å². The number of nitrogens with two attached hydrogens (primary N) is 1. The van der Waals surface area contributed by atoms with Crippen LogP contribution in [-0.4, -0.2) is 23.0 Å². The number of hydrogen-bond acceptors (Lipinski definition) is 5. The molecule has 0 aliphatic carbocycles. The second-order valence-electron chi connectivity index (χ2n) is 3.82. The predicted molar refractivity (Wildman–Crippen MR) is 70.9 cm³/mol. The maximum atomic E-state index is 11.3. The Labute approximate surface area is 115 Å². The van der Waals surface area contributed by atoms with E-state index >= 15 is 0 Å². The number of esters is 1. The number of methoxy groups -OCH3 is 1. The van der Waals surface area contributed by atoms with Crippen LogP contribution >= 0.6 is 11.6 Å². The average molecular weight is 278 g/mol. The molecule has 2 rings (SSSR count). The zero-order chi connectivity index (χ0) is 13.8. The summed E-state index contributed by atoms with van der Waals surface area (Å²) >= 11 is 5.95. The fourth-order valence-corrected chi connectivity index (χ4v) is 1.87. The summed E-state index contributed by atoms with van der Waals surface area (Å²) in [6.07, 6.45) is 3.03. The van der Waals surface area contributed by atoms with E-state index in [9.17, 15) is 4.79 Å². The highest BCUT2D eigenvalue weighted by atomic mass is 35.5. The zero-order valence-corrected chi connectivity index (χ0v) is 11.0. The standard InChI is InChI=1S/C13H12ClN3O2/c1-19-13(18)9-4-2-8(3-5-9)10(15)11-12(14)17-7-6-16-11/h2-7,10H,15H2,1H3/t10-/m1/s1. The van der Waals surface area contributed by atoms with E-state index in [1.165, 1.54) is 19.5 Å². The Morgan fingerprint density at radius 3 is 2.47 bits per heavy atom. The van der Waals surface area contributed by atoms with Crippen LogP contribution in [0.2, 0.25) is 5.15 Å². The first-order chi connectivity index (χ1) is 9.13. The molecule has 0 bridgehead atoms. The van der Waals surface area contributed by atoms with Crippen molar-refractivity contribution in [2.24, 2.45) is 5.73 Å². The van der Waals surface area contributed by atoms with Crippen LogP contribution in [0.5, 0.6) is 0 Å². The van der Waals surface area contributed by atoms with Crippen molar-refractivity contribution < 1.29 is 9.53 Å². The Hall–Kier alpha value is -1.98. The molecular weight excluding hydrogens is 266 g/mol. The van der Waals surface area contributed by atoms with Gasteiger partial charge < -0.3 is 10.5 Å². The molecule has 0 fully saturated rings. The fraction of sp³-hybridized carbons (Fsp3) is 0.154. The zero-order valence-electron chi connectivity index (χ0n) is 10.2. The third-order valence-corrected chi connectivity index (χ3v) is 2.96. The molecular formula is C13H12ClN3O2. The molecule has 98 valence electrons. The first kappa shape index (κ1) is 13.5. The maximum Gasteiger partial charge on any atom is 0.337 e. The number of benzene rings is 1. The van der Waals surface area contributed by atoms with E-state index < -0.39 is 12.0 Å². The van der Waals surface area contributed by atoms with Gasteiger partial charge in [0.25, 0.3) is 0 Å². The van der Waals surface area contributed by atoms with Crippen LogP contribution in [0, 0.1) is 0 Å². The predicted octanol–water partition coefficient (Wildman–Crippen LogP) is 1.96. The van der Waals surface area contributed by atoms with Crippen LogP contribution in [0.3, 0.4) is 0 Å². The number of carbonyl (C=O) groups is 1. The summed E-state index contributed by atoms with van der Waals surface area (Å²) < 4.78 is 4.63. The van der Waals surface area contributed by atoms with Crippen molar-refractivity contribution in [1.29, 1.82) is 0 Å². The molecule has 0 saturated carbocycles. The van der Waals surface area contributed by atoms with Crippen molar-refractivity contribution in [3.05, 3.63) is 58.6 Å². The third kappa shape index (κ3) is 2.89. The van der Waals surface area contributed by atoms with E-state index in [0.29, 0.717) is 11.3 Å². The molecule has 1 aromatic carbocycles. The highest BCUT2D eigenvalue weighted by Gasteiger charge is 2.15. The molecule has 0 spiro atoms. The average Bonchev–Trinajstić information content (AvgIpc) is 2.46. The molecule has 6 heteroatoms. The Kier molecular flexibility index (Phi) is 4.09. The number of carbonyl (C=O) groups excluding carboxylic acids is 1. The summed E-state index contributed by atoms with van der Waals surface area (Å²) in [5.74, 6) is -0.391. The van der Waals surface area contributed by atoms with E-state index in [1.54, 1.807) is 24.3 Å². The first-order valence-corrected chi connectivity index (χ1v) is 5.91. The second kappa shape index (κ2) is 5.77. The quantitative estimate of drug-likeness (QED) is 0.868. The van der Waals surface area contributed by atoms with Crippen LogP contribution in [-0.2, 0) is 4.74 Å². The molecule has 0 saturated heterocycles. The summed E-state index contributed by atoms with van der Waals surface area (Å²) in [4.78, 5) is 19.4. The minimum atomic E-state index is -0.493. The third-order valence-electron chi connectivity index (χ3n) is 2.67. The van der Waals surface area contributed by atoms with E-state index in [0.717, 1.165) is 5.56 Å². The van der Waals surface area contributed by atoms with Gasteiger partial charge in [0.15, 0.2) is 5.15 Å². The Morgan fingerprint density at radius 1 is 1.26 bits per heavy atom. The van der Waals surface area contributed by atoms with E-state index in [-0.39, 0.29) is 5.15 Å². The van der Waals surface area contributed by atoms with Gasteiger partial charge in [0.1, 0.15) is 0 Å². The van der Waals surface area contributed by atoms with Crippen LogP contribution in [0.1, 0.15) is 27.7 Å². The number of hydrogen-bond donors (Lipinski definition) is 1. The Balaban J connectivity index is 2.28. The smallest absolute Gasteiger partial charge is 0.337 e. The summed E-state index contributed by atoms with van der Waals surface area (Å²) in [6, 6.07) is 6.27. The van der Waals surface area contributed by atoms with Crippen molar-refractivity contribution in [3.8, 4) is 0 Å². The Morgan fingerprint density at radius 2 is 1.89 bits per heavy atom. The number of nitrogens with zero attached hydrogens (tertiary/aromatic N) is 2. The number of aromatic nitrogens is 2. The van der Waals surface area contributed by atoms with Crippen molar-refractivity contribution >= 4 is 17.6 Å². The van der Waals surface area contributed by atoms with Crippen molar-refractivity contribution in [2.45, 2.75) is 6.04 Å². The van der Waals surface area contributed by atoms with Crippen LogP contribution in [0.25, 0.3) is 0 Å². The lowest BCUT2D eigenvalue weighted by Gasteiger charge is -2.12. The monoisotopic (exact) mass is 277 g/mol. The van der Waals surface area contributed by atoms with Gasteiger partial charge >= 0.3 is 5.97 Å². The molecule has 2 N–H and O–H groups in total. The number of rotatable bonds is 3. The van der Waals surface area contributed by atoms with Gasteiger partial charge in [-0.15, -0.1) is 0 Å². The minimum absolute atomic E-state index is 0.270. The first-order valence-electron chi connectivity index (χ1n) is 5.53. The second-order valence-corrected chi connectivity index (χ2v) is 4.18. The minimum Gasteiger partial charge on any atom is -0.465 e. The van der Waals surface area contributed by atoms with Crippen molar-refractivity contribution in [2.75, 3.05) is 7.11 Å². The molecule has 0 unspecified atom stereocenters. The number of halogens is 1. The van der Waals surface area contributed by atoms with E-state index in [4.69, 9.17) is 17.3 Å². The lowest BCUT2D eigenvalue weighted by atomic mass is 10.0. The van der Waals surface area contributed by atoms with Crippen LogP contribution < -0.4 is 5.73 Å². The fourth-order valence-electron chi connectivity index (χ4n) is 1.64. The van der Waals surface area contributed by atoms with Gasteiger partial charge in [-0.05, 0) is 17.7 Å². The van der Waals surface area contributed by atoms with Gasteiger partial charge in [-0.3, -0.25) is 4.98 Å². The molecule has 1 aromatic heterocycles. The van der Waals surface area contributed by atoms with Gasteiger partial charge in [0, 0.05) is 12.4 Å². The number of ether oxygens (including phenoxy) is 1. The van der Waals surface area contributed by atoms with Crippen molar-refractivity contribution in [3.63, 3.8) is 0 Å². The van der Waals surface area contributed by atoms with Gasteiger partial charge in [0.05, 0.1) is 24.4 Å². The normalized spacial score (nSPS) is 11.9. The molecule has 1 atom stereocenters. The highest BCUT2D eigenvalue weighted by Crippen LogP contribution is 2.22. The molecule has 0 amide bonds.